The van der Waals surface area contributed by atoms with Crippen LogP contribution in [0.3, 0.4) is 0 Å². The molecule has 0 radical (unpaired) electrons. The number of hydrogen-bond acceptors (Lipinski definition) is 7. The second kappa shape index (κ2) is 4.56. The minimum atomic E-state index is -0.842. The van der Waals surface area contributed by atoms with E-state index in [0.717, 1.165) is 11.8 Å². The molecule has 0 saturated carbocycles. The van der Waals surface area contributed by atoms with Gasteiger partial charge in [0.15, 0.2) is 11.2 Å². The summed E-state index contributed by atoms with van der Waals surface area (Å²) in [4.78, 5) is 25.6. The van der Waals surface area contributed by atoms with Crippen LogP contribution >= 0.6 is 11.8 Å². The first kappa shape index (κ1) is 11.6. The Morgan fingerprint density at radius 3 is 2.75 bits per heavy atom. The Balaban J connectivity index is 1.95. The van der Waals surface area contributed by atoms with Crippen LogP contribution in [0.2, 0.25) is 0 Å². The van der Waals surface area contributed by atoms with Gasteiger partial charge in [-0.15, -0.1) is 10.1 Å². The van der Waals surface area contributed by atoms with Gasteiger partial charge in [0.25, 0.3) is 5.09 Å². The molecule has 2 heterocycles. The van der Waals surface area contributed by atoms with E-state index in [-0.39, 0.29) is 23.1 Å². The first-order chi connectivity index (χ1) is 7.58. The Bertz CT molecular complexity index is 281. The zero-order chi connectivity index (χ0) is 11.7. The molecule has 7 nitrogen and oxygen atoms in total. The van der Waals surface area contributed by atoms with Gasteiger partial charge < -0.3 is 14.3 Å². The van der Waals surface area contributed by atoms with Gasteiger partial charge in [0.05, 0.1) is 18.5 Å². The first-order valence-corrected chi connectivity index (χ1v) is 5.67. The van der Waals surface area contributed by atoms with Crippen LogP contribution in [0, 0.1) is 10.1 Å². The van der Waals surface area contributed by atoms with E-state index in [9.17, 15) is 14.9 Å². The SMILES string of the molecule is CC(=O)S[C@H]1CO[C@H]2[C@@H]1OC[C@@H]2O[N+](=O)[O-]. The topological polar surface area (TPSA) is 87.9 Å². The van der Waals surface area contributed by atoms with Crippen LogP contribution < -0.4 is 0 Å². The number of ether oxygens (including phenoxy) is 2. The Morgan fingerprint density at radius 2 is 2.12 bits per heavy atom. The molecule has 0 bridgehead atoms. The van der Waals surface area contributed by atoms with E-state index in [2.05, 4.69) is 4.84 Å². The van der Waals surface area contributed by atoms with Crippen LogP contribution in [0.4, 0.5) is 0 Å². The summed E-state index contributed by atoms with van der Waals surface area (Å²) >= 11 is 1.15. The molecule has 0 aliphatic carbocycles. The van der Waals surface area contributed by atoms with E-state index < -0.39 is 17.3 Å². The van der Waals surface area contributed by atoms with Gasteiger partial charge in [-0.2, -0.15) is 0 Å². The molecular formula is C8H11NO6S. The smallest absolute Gasteiger partial charge is 0.294 e. The lowest BCUT2D eigenvalue weighted by Gasteiger charge is -2.14. The van der Waals surface area contributed by atoms with Crippen molar-refractivity contribution < 1.29 is 24.2 Å². The van der Waals surface area contributed by atoms with E-state index in [1.807, 2.05) is 0 Å². The molecule has 0 aromatic rings. The zero-order valence-electron chi connectivity index (χ0n) is 8.53. The highest BCUT2D eigenvalue weighted by Gasteiger charge is 2.49. The molecule has 2 aliphatic heterocycles. The summed E-state index contributed by atoms with van der Waals surface area (Å²) < 4.78 is 10.8. The van der Waals surface area contributed by atoms with Crippen molar-refractivity contribution in [2.24, 2.45) is 0 Å². The van der Waals surface area contributed by atoms with E-state index in [1.165, 1.54) is 6.92 Å². The van der Waals surface area contributed by atoms with Gasteiger partial charge >= 0.3 is 0 Å². The Hall–Kier alpha value is -0.860. The monoisotopic (exact) mass is 249 g/mol. The maximum Gasteiger partial charge on any atom is 0.294 e. The van der Waals surface area contributed by atoms with Crippen molar-refractivity contribution >= 4 is 16.9 Å². The van der Waals surface area contributed by atoms with E-state index >= 15 is 0 Å². The third-order valence-electron chi connectivity index (χ3n) is 2.50. The largest absolute Gasteiger partial charge is 0.372 e. The average molecular weight is 249 g/mol. The van der Waals surface area contributed by atoms with Crippen molar-refractivity contribution in [3.63, 3.8) is 0 Å². The van der Waals surface area contributed by atoms with Gasteiger partial charge in [-0.05, 0) is 0 Å². The lowest BCUT2D eigenvalue weighted by Crippen LogP contribution is -2.33. The number of fused-ring (bicyclic) bond motifs is 1. The molecule has 16 heavy (non-hydrogen) atoms. The number of nitrogens with zero attached hydrogens (tertiary/aromatic N) is 1. The van der Waals surface area contributed by atoms with Crippen molar-refractivity contribution in [2.45, 2.75) is 30.5 Å². The second-order valence-electron chi connectivity index (χ2n) is 3.61. The lowest BCUT2D eigenvalue weighted by atomic mass is 10.1. The third kappa shape index (κ3) is 2.28. The molecule has 2 fully saturated rings. The second-order valence-corrected chi connectivity index (χ2v) is 5.03. The summed E-state index contributed by atoms with van der Waals surface area (Å²) in [5, 5.41) is 9.26. The van der Waals surface area contributed by atoms with Crippen molar-refractivity contribution in [2.75, 3.05) is 13.2 Å². The summed E-state index contributed by atoms with van der Waals surface area (Å²) in [6.07, 6.45) is -1.42. The molecule has 2 rings (SSSR count). The summed E-state index contributed by atoms with van der Waals surface area (Å²) in [5.41, 5.74) is 0. The zero-order valence-corrected chi connectivity index (χ0v) is 9.35. The maximum atomic E-state index is 11.0. The first-order valence-electron chi connectivity index (χ1n) is 4.79. The molecule has 2 saturated heterocycles. The Labute approximate surface area is 95.5 Å². The Kier molecular flexibility index (Phi) is 3.31. The third-order valence-corrected chi connectivity index (χ3v) is 3.54. The van der Waals surface area contributed by atoms with Gasteiger partial charge in [0, 0.05) is 6.92 Å². The normalized spacial score (nSPS) is 37.1. The highest BCUT2D eigenvalue weighted by Crippen LogP contribution is 2.35. The highest BCUT2D eigenvalue weighted by molar-refractivity contribution is 8.14. The van der Waals surface area contributed by atoms with E-state index in [1.54, 1.807) is 0 Å². The molecule has 0 N–H and O–H groups in total. The van der Waals surface area contributed by atoms with Crippen LogP contribution in [0.1, 0.15) is 6.92 Å². The van der Waals surface area contributed by atoms with Crippen LogP contribution in [-0.2, 0) is 19.1 Å². The molecule has 0 aromatic carbocycles. The van der Waals surface area contributed by atoms with Crippen molar-refractivity contribution in [1.82, 2.24) is 0 Å². The Morgan fingerprint density at radius 1 is 1.44 bits per heavy atom. The number of carbonyl (C=O) groups is 1. The number of rotatable bonds is 3. The van der Waals surface area contributed by atoms with E-state index in [0.29, 0.717) is 6.61 Å². The molecule has 2 aliphatic rings. The van der Waals surface area contributed by atoms with Crippen LogP contribution in [0.15, 0.2) is 0 Å². The van der Waals surface area contributed by atoms with Gasteiger partial charge in [0.1, 0.15) is 12.2 Å². The molecule has 90 valence electrons. The lowest BCUT2D eigenvalue weighted by molar-refractivity contribution is -0.769. The molecule has 8 heteroatoms. The van der Waals surface area contributed by atoms with Gasteiger partial charge in [-0.3, -0.25) is 4.79 Å². The van der Waals surface area contributed by atoms with Crippen LogP contribution in [-0.4, -0.2) is 47.0 Å². The number of carbonyl (C=O) groups excluding carboxylic acids is 1. The minimum Gasteiger partial charge on any atom is -0.372 e. The molecule has 4 atom stereocenters. The summed E-state index contributed by atoms with van der Waals surface area (Å²) in [7, 11) is 0. The van der Waals surface area contributed by atoms with Gasteiger partial charge in [0.2, 0.25) is 0 Å². The summed E-state index contributed by atoms with van der Waals surface area (Å²) in [6, 6.07) is 0. The molecule has 0 aromatic heterocycles. The standard InChI is InChI=1S/C8H11NO6S/c1-4(10)16-6-3-14-7-5(15-9(11)12)2-13-8(6)7/h5-8H,2-3H2,1H3/t5-,6-,7+,8+/m0/s1. The summed E-state index contributed by atoms with van der Waals surface area (Å²) in [5.74, 6) is 0. The minimum absolute atomic E-state index is 0.0171. The van der Waals surface area contributed by atoms with Crippen molar-refractivity contribution in [3.05, 3.63) is 10.1 Å². The van der Waals surface area contributed by atoms with Crippen LogP contribution in [0.5, 0.6) is 0 Å². The van der Waals surface area contributed by atoms with Crippen molar-refractivity contribution in [3.8, 4) is 0 Å². The fraction of sp³-hybridized carbons (Fsp3) is 0.875. The fourth-order valence-electron chi connectivity index (χ4n) is 1.94. The average Bonchev–Trinajstić information content (AvgIpc) is 2.70. The molecule has 0 amide bonds. The van der Waals surface area contributed by atoms with Gasteiger partial charge in [-0.1, -0.05) is 11.8 Å². The fourth-order valence-corrected chi connectivity index (χ4v) is 2.88. The predicted octanol–water partition coefficient (Wildman–Crippen LogP) is 0.00920. The van der Waals surface area contributed by atoms with Gasteiger partial charge in [-0.25, -0.2) is 0 Å². The van der Waals surface area contributed by atoms with E-state index in [4.69, 9.17) is 9.47 Å². The summed E-state index contributed by atoms with van der Waals surface area (Å²) in [6.45, 7) is 1.96. The quantitative estimate of drug-likeness (QED) is 0.514. The predicted molar refractivity (Wildman–Crippen MR) is 53.4 cm³/mol. The molecule has 0 spiro atoms. The molecular weight excluding hydrogens is 238 g/mol. The van der Waals surface area contributed by atoms with Crippen LogP contribution in [0.25, 0.3) is 0 Å². The maximum absolute atomic E-state index is 11.0. The number of thioether (sulfide) groups is 1. The number of hydrogen-bond donors (Lipinski definition) is 0. The van der Waals surface area contributed by atoms with Crippen molar-refractivity contribution in [1.29, 1.82) is 0 Å². The molecule has 0 unspecified atom stereocenters. The highest BCUT2D eigenvalue weighted by atomic mass is 32.2.